The molecule has 8 aromatic carbocycles. The predicted octanol–water partition coefficient (Wildman–Crippen LogP) is 13.3. The SMILES string of the molecule is c1ccc(C2(c3ccccc3)c3ccccc3-c3ccc4nc(-c5ccc(-c6ccc7ccc8cccnc8c7n6)c6cc7ccccc7cc56)ccc4c32)cc1. The van der Waals surface area contributed by atoms with Gasteiger partial charge >= 0.3 is 0 Å². The van der Waals surface area contributed by atoms with Crippen molar-refractivity contribution < 1.29 is 0 Å². The fourth-order valence-electron chi connectivity index (χ4n) is 9.66. The van der Waals surface area contributed by atoms with Crippen LogP contribution in [0.2, 0.25) is 0 Å². The molecule has 57 heavy (non-hydrogen) atoms. The molecule has 1 aliphatic carbocycles. The highest BCUT2D eigenvalue weighted by Gasteiger charge is 2.47. The van der Waals surface area contributed by atoms with Crippen LogP contribution in [0, 0.1) is 0 Å². The van der Waals surface area contributed by atoms with Gasteiger partial charge in [-0.3, -0.25) is 4.98 Å². The minimum absolute atomic E-state index is 0.502. The van der Waals surface area contributed by atoms with Crippen LogP contribution in [0.15, 0.2) is 200 Å². The van der Waals surface area contributed by atoms with Crippen LogP contribution in [0.4, 0.5) is 0 Å². The van der Waals surface area contributed by atoms with Gasteiger partial charge in [0.2, 0.25) is 0 Å². The highest BCUT2D eigenvalue weighted by Crippen LogP contribution is 2.58. The van der Waals surface area contributed by atoms with Crippen molar-refractivity contribution in [2.45, 2.75) is 5.41 Å². The van der Waals surface area contributed by atoms with E-state index in [1.807, 2.05) is 12.3 Å². The maximum atomic E-state index is 5.52. The van der Waals surface area contributed by atoms with Gasteiger partial charge in [0.15, 0.2) is 0 Å². The maximum Gasteiger partial charge on any atom is 0.0972 e. The van der Waals surface area contributed by atoms with E-state index in [0.717, 1.165) is 66.0 Å². The highest BCUT2D eigenvalue weighted by molar-refractivity contribution is 6.12. The second-order valence-corrected chi connectivity index (χ2v) is 15.1. The van der Waals surface area contributed by atoms with E-state index < -0.39 is 5.41 Å². The largest absolute Gasteiger partial charge is 0.254 e. The summed E-state index contributed by atoms with van der Waals surface area (Å²) < 4.78 is 0. The Bertz CT molecular complexity index is 3370. The summed E-state index contributed by atoms with van der Waals surface area (Å²) in [4.78, 5) is 15.5. The van der Waals surface area contributed by atoms with Crippen molar-refractivity contribution in [3.05, 3.63) is 223 Å². The highest BCUT2D eigenvalue weighted by atomic mass is 14.8. The van der Waals surface area contributed by atoms with Crippen LogP contribution in [0.1, 0.15) is 22.3 Å². The average molecular weight is 724 g/mol. The number of fused-ring (bicyclic) bond motifs is 10. The van der Waals surface area contributed by atoms with Crippen molar-refractivity contribution in [1.82, 2.24) is 15.0 Å². The van der Waals surface area contributed by atoms with E-state index >= 15 is 0 Å². The summed E-state index contributed by atoms with van der Waals surface area (Å²) in [5, 5.41) is 8.00. The first-order valence-corrected chi connectivity index (χ1v) is 19.5. The van der Waals surface area contributed by atoms with Gasteiger partial charge in [0.25, 0.3) is 0 Å². The van der Waals surface area contributed by atoms with Crippen molar-refractivity contribution in [3.8, 4) is 33.6 Å². The van der Waals surface area contributed by atoms with Gasteiger partial charge in [0.1, 0.15) is 0 Å². The molecule has 0 bridgehead atoms. The third-order valence-electron chi connectivity index (χ3n) is 12.1. The number of hydrogen-bond donors (Lipinski definition) is 0. The molecule has 3 heterocycles. The van der Waals surface area contributed by atoms with Crippen LogP contribution >= 0.6 is 0 Å². The summed E-state index contributed by atoms with van der Waals surface area (Å²) in [5.41, 5.74) is 14.0. The quantitative estimate of drug-likeness (QED) is 0.134. The number of nitrogens with zero attached hydrogens (tertiary/aromatic N) is 3. The monoisotopic (exact) mass is 723 g/mol. The molecule has 12 rings (SSSR count). The third-order valence-corrected chi connectivity index (χ3v) is 12.1. The van der Waals surface area contributed by atoms with Crippen LogP contribution in [0.25, 0.3) is 87.9 Å². The first kappa shape index (κ1) is 31.8. The molecule has 0 spiro atoms. The molecule has 11 aromatic rings. The van der Waals surface area contributed by atoms with Crippen molar-refractivity contribution >= 4 is 54.3 Å². The second kappa shape index (κ2) is 12.3. The first-order valence-electron chi connectivity index (χ1n) is 19.5. The lowest BCUT2D eigenvalue weighted by Crippen LogP contribution is -2.28. The molecule has 0 atom stereocenters. The van der Waals surface area contributed by atoms with Gasteiger partial charge < -0.3 is 0 Å². The van der Waals surface area contributed by atoms with Crippen molar-refractivity contribution in [3.63, 3.8) is 0 Å². The lowest BCUT2D eigenvalue weighted by molar-refractivity contribution is 0.775. The van der Waals surface area contributed by atoms with Crippen molar-refractivity contribution in [2.75, 3.05) is 0 Å². The molecule has 0 amide bonds. The van der Waals surface area contributed by atoms with Crippen LogP contribution in [0.5, 0.6) is 0 Å². The molecule has 0 saturated carbocycles. The van der Waals surface area contributed by atoms with E-state index in [4.69, 9.17) is 15.0 Å². The molecular formula is C54H33N3. The number of pyridine rings is 3. The predicted molar refractivity (Wildman–Crippen MR) is 236 cm³/mol. The third kappa shape index (κ3) is 4.63. The Hall–Kier alpha value is -7.49. The minimum Gasteiger partial charge on any atom is -0.254 e. The molecule has 0 unspecified atom stereocenters. The zero-order valence-electron chi connectivity index (χ0n) is 30.9. The Labute approximate surface area is 329 Å². The number of rotatable bonds is 4. The van der Waals surface area contributed by atoms with Gasteiger partial charge in [0, 0.05) is 33.5 Å². The maximum absolute atomic E-state index is 5.52. The molecule has 0 fully saturated rings. The summed E-state index contributed by atoms with van der Waals surface area (Å²) in [6.07, 6.45) is 1.85. The number of benzene rings is 8. The normalized spacial score (nSPS) is 13.1. The summed E-state index contributed by atoms with van der Waals surface area (Å²) in [6, 6.07) is 70.2. The summed E-state index contributed by atoms with van der Waals surface area (Å²) in [5.74, 6) is 0. The molecule has 1 aliphatic rings. The topological polar surface area (TPSA) is 38.7 Å². The van der Waals surface area contributed by atoms with E-state index in [1.54, 1.807) is 0 Å². The van der Waals surface area contributed by atoms with E-state index in [9.17, 15) is 0 Å². The van der Waals surface area contributed by atoms with Crippen LogP contribution in [0.3, 0.4) is 0 Å². The molecule has 0 radical (unpaired) electrons. The molecule has 3 aromatic heterocycles. The first-order chi connectivity index (χ1) is 28.3. The molecule has 0 aliphatic heterocycles. The summed E-state index contributed by atoms with van der Waals surface area (Å²) in [7, 11) is 0. The van der Waals surface area contributed by atoms with Gasteiger partial charge in [-0.15, -0.1) is 0 Å². The fraction of sp³-hybridized carbons (Fsp3) is 0.0185. The second-order valence-electron chi connectivity index (χ2n) is 15.1. The van der Waals surface area contributed by atoms with Gasteiger partial charge in [-0.1, -0.05) is 158 Å². The van der Waals surface area contributed by atoms with Gasteiger partial charge in [0.05, 0.1) is 33.4 Å². The number of hydrogen-bond acceptors (Lipinski definition) is 3. The van der Waals surface area contributed by atoms with Crippen molar-refractivity contribution in [2.24, 2.45) is 0 Å². The van der Waals surface area contributed by atoms with E-state index in [2.05, 4.69) is 188 Å². The van der Waals surface area contributed by atoms with Crippen LogP contribution < -0.4 is 0 Å². The Balaban J connectivity index is 1.09. The smallest absolute Gasteiger partial charge is 0.0972 e. The van der Waals surface area contributed by atoms with Crippen LogP contribution in [-0.2, 0) is 5.41 Å². The summed E-state index contributed by atoms with van der Waals surface area (Å²) in [6.45, 7) is 0. The molecule has 3 heteroatoms. The van der Waals surface area contributed by atoms with Crippen LogP contribution in [-0.4, -0.2) is 15.0 Å². The van der Waals surface area contributed by atoms with Gasteiger partial charge in [-0.25, -0.2) is 9.97 Å². The zero-order chi connectivity index (χ0) is 37.5. The summed E-state index contributed by atoms with van der Waals surface area (Å²) >= 11 is 0. The zero-order valence-corrected chi connectivity index (χ0v) is 30.9. The molecular weight excluding hydrogens is 691 g/mol. The lowest BCUT2D eigenvalue weighted by Gasteiger charge is -2.34. The molecule has 3 nitrogen and oxygen atoms in total. The Morgan fingerprint density at radius 1 is 0.351 bits per heavy atom. The standard InChI is InChI=1S/C54H33N3/c1-3-15-38(16-4-1)54(39-17-5-2-6-18-39)47-20-10-9-19-40(47)43-26-29-50-44(51(43)54)27-30-48(56-50)41-24-25-42(46-33-37-13-8-7-12-36(37)32-45(41)46)49-28-23-35-22-21-34-14-11-31-55-52(34)53(35)57-49/h1-33H. The van der Waals surface area contributed by atoms with Gasteiger partial charge in [-0.05, 0) is 91.3 Å². The minimum atomic E-state index is -0.502. The lowest BCUT2D eigenvalue weighted by atomic mass is 9.67. The Morgan fingerprint density at radius 3 is 1.63 bits per heavy atom. The Morgan fingerprint density at radius 2 is 0.912 bits per heavy atom. The average Bonchev–Trinajstić information content (AvgIpc) is 3.59. The molecule has 0 saturated heterocycles. The van der Waals surface area contributed by atoms with E-state index in [0.29, 0.717) is 0 Å². The van der Waals surface area contributed by atoms with E-state index in [-0.39, 0.29) is 0 Å². The molecule has 264 valence electrons. The Kier molecular flexibility index (Phi) is 6.84. The van der Waals surface area contributed by atoms with E-state index in [1.165, 1.54) is 44.2 Å². The van der Waals surface area contributed by atoms with Gasteiger partial charge in [-0.2, -0.15) is 0 Å². The van der Waals surface area contributed by atoms with Crippen molar-refractivity contribution in [1.29, 1.82) is 0 Å². The fourth-order valence-corrected chi connectivity index (χ4v) is 9.66. The number of aromatic nitrogens is 3. The molecule has 0 N–H and O–H groups in total.